The highest BCUT2D eigenvalue weighted by Gasteiger charge is 2.49. The molecule has 1 saturated heterocycles. The van der Waals surface area contributed by atoms with Gasteiger partial charge in [-0.1, -0.05) is 0 Å². The largest absolute Gasteiger partial charge is 0.387 e. The lowest BCUT2D eigenvalue weighted by Gasteiger charge is -2.26. The SMILES string of the molecule is Cc1nc2c(ncn2[C@@H]2O[C@@H]3COP(O)(=S)OCCn4c(nc5c(N)ncnc54)COP(O)(=S)O[C@@H]2[C@@H]3O)c(=O)[nH]1. The maximum atomic E-state index is 12.4. The third kappa shape index (κ3) is 5.58. The summed E-state index contributed by atoms with van der Waals surface area (Å²) in [4.78, 5) is 57.6. The first-order valence-electron chi connectivity index (χ1n) is 11.9. The molecule has 6 heterocycles. The van der Waals surface area contributed by atoms with Crippen molar-refractivity contribution >= 4 is 65.2 Å². The van der Waals surface area contributed by atoms with Crippen molar-refractivity contribution in [3.05, 3.63) is 34.7 Å². The van der Waals surface area contributed by atoms with E-state index in [1.807, 2.05) is 0 Å². The summed E-state index contributed by atoms with van der Waals surface area (Å²) in [7, 11) is 0. The second kappa shape index (κ2) is 10.7. The van der Waals surface area contributed by atoms with Crippen LogP contribution >= 0.6 is 13.4 Å². The molecule has 4 aromatic heterocycles. The molecule has 41 heavy (non-hydrogen) atoms. The molecule has 6 rings (SSSR count). The minimum atomic E-state index is -4.10. The van der Waals surface area contributed by atoms with Crippen LogP contribution in [0.3, 0.4) is 0 Å². The third-order valence-corrected chi connectivity index (χ3v) is 9.52. The van der Waals surface area contributed by atoms with Crippen molar-refractivity contribution < 1.29 is 37.7 Å². The number of imidazole rings is 2. The summed E-state index contributed by atoms with van der Waals surface area (Å²) in [5, 5.41) is 11.2. The summed E-state index contributed by atoms with van der Waals surface area (Å²) in [6, 6.07) is 0. The molecule has 0 amide bonds. The summed E-state index contributed by atoms with van der Waals surface area (Å²) < 4.78 is 31.3. The molecule has 2 aliphatic heterocycles. The van der Waals surface area contributed by atoms with Crippen LogP contribution in [0, 0.1) is 6.92 Å². The molecule has 18 nitrogen and oxygen atoms in total. The fourth-order valence-corrected chi connectivity index (χ4v) is 7.00. The number of hydrogen-bond acceptors (Lipinski definition) is 15. The monoisotopic (exact) mass is 647 g/mol. The second-order valence-electron chi connectivity index (χ2n) is 9.05. The number of nitrogens with one attached hydrogen (secondary N) is 1. The van der Waals surface area contributed by atoms with Crippen LogP contribution in [0.25, 0.3) is 22.3 Å². The van der Waals surface area contributed by atoms with Crippen LogP contribution in [0.1, 0.15) is 17.9 Å². The number of fused-ring (bicyclic) bond motifs is 6. The average molecular weight is 648 g/mol. The van der Waals surface area contributed by atoms with E-state index in [1.54, 1.807) is 11.5 Å². The lowest BCUT2D eigenvalue weighted by molar-refractivity contribution is -0.0483. The molecule has 0 aromatic carbocycles. The minimum absolute atomic E-state index is 0.00879. The minimum Gasteiger partial charge on any atom is -0.387 e. The number of nitrogen functional groups attached to an aromatic ring is 1. The molecule has 2 bridgehead atoms. The van der Waals surface area contributed by atoms with Crippen molar-refractivity contribution in [1.29, 1.82) is 0 Å². The first-order chi connectivity index (χ1) is 19.4. The number of anilines is 1. The zero-order valence-electron chi connectivity index (χ0n) is 21.0. The van der Waals surface area contributed by atoms with Crippen LogP contribution in [-0.2, 0) is 59.6 Å². The topological polar surface area (TPSA) is 240 Å². The number of hydrogen-bond donors (Lipinski definition) is 5. The van der Waals surface area contributed by atoms with Crippen molar-refractivity contribution in [1.82, 2.24) is 39.0 Å². The van der Waals surface area contributed by atoms with E-state index in [-0.39, 0.29) is 48.1 Å². The highest BCUT2D eigenvalue weighted by atomic mass is 32.5. The van der Waals surface area contributed by atoms with Gasteiger partial charge in [-0.05, 0) is 30.5 Å². The molecule has 0 radical (unpaired) electrons. The molecule has 0 spiro atoms. The number of aromatic amines is 1. The molecule has 0 aliphatic carbocycles. The zero-order valence-corrected chi connectivity index (χ0v) is 24.4. The summed E-state index contributed by atoms with van der Waals surface area (Å²) in [5.41, 5.74) is 6.22. The summed E-state index contributed by atoms with van der Waals surface area (Å²) in [6.07, 6.45) is -2.65. The second-order valence-corrected chi connectivity index (χ2v) is 14.7. The standard InChI is InChI=1S/C19H23N9O9P2S2/c1-8-24-17-12(18(30)25-8)23-7-28(17)19-14-13(29)9(36-19)4-34-38(31,40)33-3-2-27-10(5-35-39(32,41)37-14)26-11-15(20)21-6-22-16(11)27/h6-7,9,13-14,19,29H,2-5H2,1H3,(H,31,40)(H,32,41)(H2,20,21,22)(H,24,25,30)/t9-,13-,14-,19-,38?,39?/m1/s1. The Morgan fingerprint density at radius 3 is 2.71 bits per heavy atom. The van der Waals surface area contributed by atoms with Crippen molar-refractivity contribution in [2.24, 2.45) is 0 Å². The maximum absolute atomic E-state index is 12.4. The van der Waals surface area contributed by atoms with Crippen LogP contribution < -0.4 is 11.3 Å². The number of aliphatic hydroxyl groups is 1. The molecule has 1 fully saturated rings. The first kappa shape index (κ1) is 28.8. The quantitative estimate of drug-likeness (QED) is 0.163. The summed E-state index contributed by atoms with van der Waals surface area (Å²) in [6.45, 7) is -7.13. The van der Waals surface area contributed by atoms with Crippen molar-refractivity contribution in [2.45, 2.75) is 44.6 Å². The highest BCUT2D eigenvalue weighted by Crippen LogP contribution is 2.51. The molecular formula is C19H23N9O9P2S2. The van der Waals surface area contributed by atoms with E-state index < -0.39 is 50.1 Å². The van der Waals surface area contributed by atoms with Gasteiger partial charge in [0.15, 0.2) is 34.4 Å². The van der Waals surface area contributed by atoms with Crippen LogP contribution in [0.15, 0.2) is 17.4 Å². The van der Waals surface area contributed by atoms with Gasteiger partial charge in [0.25, 0.3) is 5.56 Å². The molecule has 22 heteroatoms. The predicted octanol–water partition coefficient (Wildman–Crippen LogP) is -0.509. The number of nitrogens with two attached hydrogens (primary N) is 1. The van der Waals surface area contributed by atoms with Gasteiger partial charge in [0.05, 0.1) is 19.5 Å². The van der Waals surface area contributed by atoms with Gasteiger partial charge < -0.3 is 48.5 Å². The van der Waals surface area contributed by atoms with Crippen LogP contribution in [0.5, 0.6) is 0 Å². The van der Waals surface area contributed by atoms with Gasteiger partial charge >= 0.3 is 13.4 Å². The maximum Gasteiger partial charge on any atom is 0.325 e. The Morgan fingerprint density at radius 1 is 1.10 bits per heavy atom. The zero-order chi connectivity index (χ0) is 29.1. The smallest absolute Gasteiger partial charge is 0.325 e. The van der Waals surface area contributed by atoms with E-state index in [2.05, 4.69) is 29.9 Å². The molecule has 220 valence electrons. The lowest BCUT2D eigenvalue weighted by atomic mass is 10.1. The van der Waals surface area contributed by atoms with Crippen LogP contribution in [0.2, 0.25) is 0 Å². The van der Waals surface area contributed by atoms with Gasteiger partial charge in [-0.15, -0.1) is 0 Å². The Hall–Kier alpha value is -2.32. The van der Waals surface area contributed by atoms with Gasteiger partial charge in [-0.25, -0.2) is 24.9 Å². The summed E-state index contributed by atoms with van der Waals surface area (Å²) in [5.74, 6) is 0.648. The van der Waals surface area contributed by atoms with E-state index in [0.717, 1.165) is 0 Å². The normalized spacial score (nSPS) is 31.6. The Morgan fingerprint density at radius 2 is 1.90 bits per heavy atom. The Labute approximate surface area is 239 Å². The molecule has 2 unspecified atom stereocenters. The number of aromatic nitrogens is 8. The molecule has 6 N–H and O–H groups in total. The third-order valence-electron chi connectivity index (χ3n) is 6.36. The van der Waals surface area contributed by atoms with E-state index in [9.17, 15) is 19.7 Å². The van der Waals surface area contributed by atoms with Crippen LogP contribution in [-0.4, -0.2) is 85.5 Å². The molecule has 0 saturated carbocycles. The van der Waals surface area contributed by atoms with Gasteiger partial charge in [0, 0.05) is 6.54 Å². The van der Waals surface area contributed by atoms with E-state index in [0.29, 0.717) is 11.5 Å². The first-order valence-corrected chi connectivity index (χ1v) is 17.1. The average Bonchev–Trinajstić information content (AvgIpc) is 3.56. The van der Waals surface area contributed by atoms with E-state index in [4.69, 9.17) is 52.2 Å². The predicted molar refractivity (Wildman–Crippen MR) is 147 cm³/mol. The number of rotatable bonds is 1. The Bertz CT molecular complexity index is 1800. The number of aliphatic hydroxyl groups excluding tert-OH is 1. The van der Waals surface area contributed by atoms with Crippen LogP contribution in [0.4, 0.5) is 5.82 Å². The van der Waals surface area contributed by atoms with Gasteiger partial charge in [0.2, 0.25) is 0 Å². The van der Waals surface area contributed by atoms with Crippen molar-refractivity contribution in [3.63, 3.8) is 0 Å². The van der Waals surface area contributed by atoms with E-state index in [1.165, 1.54) is 17.2 Å². The number of aryl methyl sites for hydroxylation is 1. The fraction of sp³-hybridized carbons (Fsp3) is 0.474. The molecule has 4 aromatic rings. The van der Waals surface area contributed by atoms with Crippen molar-refractivity contribution in [2.75, 3.05) is 18.9 Å². The number of H-pyrrole nitrogens is 1. The van der Waals surface area contributed by atoms with Gasteiger partial charge in [-0.3, -0.25) is 13.9 Å². The summed E-state index contributed by atoms with van der Waals surface area (Å²) >= 11 is 10.4. The Balaban J connectivity index is 1.39. The lowest BCUT2D eigenvalue weighted by Crippen LogP contribution is -2.35. The number of ether oxygens (including phenoxy) is 1. The Kier molecular flexibility index (Phi) is 7.55. The highest BCUT2D eigenvalue weighted by molar-refractivity contribution is 8.07. The van der Waals surface area contributed by atoms with Gasteiger partial charge in [-0.2, -0.15) is 0 Å². The molecule has 2 aliphatic rings. The fourth-order valence-electron chi connectivity index (χ4n) is 4.54. The van der Waals surface area contributed by atoms with E-state index >= 15 is 0 Å². The van der Waals surface area contributed by atoms with Crippen molar-refractivity contribution in [3.8, 4) is 0 Å². The molecule has 6 atom stereocenters. The molecular weight excluding hydrogens is 624 g/mol. The number of nitrogens with zero attached hydrogens (tertiary/aromatic N) is 7. The van der Waals surface area contributed by atoms with Gasteiger partial charge in [0.1, 0.15) is 42.9 Å².